The number of hydrogen-bond donors (Lipinski definition) is 1. The zero-order chi connectivity index (χ0) is 22.8. The van der Waals surface area contributed by atoms with Crippen molar-refractivity contribution in [2.45, 2.75) is 57.4 Å². The third kappa shape index (κ3) is 4.81. The fraction of sp³-hybridized carbons (Fsp3) is 0.464. The maximum absolute atomic E-state index is 12.8. The number of phenols is 1. The minimum absolute atomic E-state index is 0.0132. The number of nitrogens with zero attached hydrogens (tertiary/aromatic N) is 2. The van der Waals surface area contributed by atoms with E-state index in [-0.39, 0.29) is 17.7 Å². The second-order valence-electron chi connectivity index (χ2n) is 9.71. The first kappa shape index (κ1) is 22.4. The van der Waals surface area contributed by atoms with Crippen molar-refractivity contribution in [1.29, 1.82) is 0 Å². The van der Waals surface area contributed by atoms with Crippen LogP contribution in [0.15, 0.2) is 62.8 Å². The van der Waals surface area contributed by atoms with Crippen molar-refractivity contribution < 1.29 is 9.90 Å². The highest BCUT2D eigenvalue weighted by Gasteiger charge is 2.31. The predicted octanol–water partition coefficient (Wildman–Crippen LogP) is 6.18. The Morgan fingerprint density at radius 3 is 2.67 bits per heavy atom. The lowest BCUT2D eigenvalue weighted by molar-refractivity contribution is -0.136. The Bertz CT molecular complexity index is 1080. The molecule has 1 aromatic carbocycles. The molecule has 1 atom stereocenters. The topological polar surface area (TPSA) is 52.9 Å². The highest BCUT2D eigenvalue weighted by Crippen LogP contribution is 2.37. The van der Waals surface area contributed by atoms with Crippen LogP contribution in [0.3, 0.4) is 0 Å². The number of para-hydroxylation sites is 1. The van der Waals surface area contributed by atoms with Crippen LogP contribution in [0.2, 0.25) is 0 Å². The number of rotatable bonds is 5. The van der Waals surface area contributed by atoms with Crippen LogP contribution in [0.5, 0.6) is 5.75 Å². The molecule has 1 saturated heterocycles. The largest absolute Gasteiger partial charge is 0.507 e. The molecule has 1 aromatic rings. The fourth-order valence-electron chi connectivity index (χ4n) is 5.64. The van der Waals surface area contributed by atoms with Gasteiger partial charge in [-0.3, -0.25) is 9.79 Å². The smallest absolute Gasteiger partial charge is 0.225 e. The molecular formula is C28H31BrN2O2. The molecule has 5 rings (SSSR count). The van der Waals surface area contributed by atoms with E-state index in [1.165, 1.54) is 18.4 Å². The standard InChI is InChI=1S/C28H31BrN2O2/c29-25-18-30-27-22(17-21(11-12-24(25)27)23-7-3-4-8-26(23)32)10-9-19-13-15-31(16-14-19)28(33)20-5-1-2-6-20/h3-4,7-8,12,17-20,27,32H,1-2,5-6,9-10,13-16H2. The molecule has 2 aliphatic carbocycles. The number of phenolic OH excluding ortho intramolecular Hbond substituents is 1. The lowest BCUT2D eigenvalue weighted by Crippen LogP contribution is -2.41. The van der Waals surface area contributed by atoms with Gasteiger partial charge in [-0.25, -0.2) is 0 Å². The molecule has 0 bridgehead atoms. The number of amides is 1. The molecule has 4 aliphatic rings. The number of aromatic hydroxyl groups is 1. The molecule has 2 fully saturated rings. The van der Waals surface area contributed by atoms with Crippen LogP contribution in [0.4, 0.5) is 0 Å². The Morgan fingerprint density at radius 1 is 1.15 bits per heavy atom. The number of piperidine rings is 1. The third-order valence-electron chi connectivity index (χ3n) is 7.64. The number of hydrogen-bond acceptors (Lipinski definition) is 3. The van der Waals surface area contributed by atoms with Crippen LogP contribution in [-0.2, 0) is 4.79 Å². The zero-order valence-corrected chi connectivity index (χ0v) is 20.6. The van der Waals surface area contributed by atoms with Crippen molar-refractivity contribution in [2.75, 3.05) is 13.1 Å². The number of halogens is 1. The number of aliphatic imine (C=N–C) groups is 1. The maximum Gasteiger partial charge on any atom is 0.225 e. The molecule has 1 saturated carbocycles. The third-order valence-corrected chi connectivity index (χ3v) is 8.30. The summed E-state index contributed by atoms with van der Waals surface area (Å²) in [5.74, 6) is 1.59. The van der Waals surface area contributed by atoms with Crippen molar-refractivity contribution in [2.24, 2.45) is 16.8 Å². The first-order valence-electron chi connectivity index (χ1n) is 12.3. The number of fused-ring (bicyclic) bond motifs is 1. The van der Waals surface area contributed by atoms with E-state index in [1.807, 2.05) is 30.5 Å². The molecule has 172 valence electrons. The Morgan fingerprint density at radius 2 is 1.91 bits per heavy atom. The van der Waals surface area contributed by atoms with Gasteiger partial charge in [0.25, 0.3) is 0 Å². The molecule has 1 N–H and O–H groups in total. The number of carbonyl (C=O) groups is 1. The quantitative estimate of drug-likeness (QED) is 0.484. The minimum Gasteiger partial charge on any atom is -0.507 e. The van der Waals surface area contributed by atoms with Gasteiger partial charge in [0.15, 0.2) is 0 Å². The van der Waals surface area contributed by atoms with Crippen molar-refractivity contribution in [3.05, 3.63) is 63.3 Å². The highest BCUT2D eigenvalue weighted by molar-refractivity contribution is 9.12. The number of allylic oxidation sites excluding steroid dienone is 2. The molecule has 2 aliphatic heterocycles. The molecule has 1 amide bonds. The lowest BCUT2D eigenvalue weighted by atomic mass is 9.87. The van der Waals surface area contributed by atoms with E-state index in [4.69, 9.17) is 4.99 Å². The monoisotopic (exact) mass is 506 g/mol. The Balaban J connectivity index is 1.27. The average molecular weight is 507 g/mol. The van der Waals surface area contributed by atoms with Crippen LogP contribution in [-0.4, -0.2) is 41.3 Å². The van der Waals surface area contributed by atoms with E-state index in [1.54, 1.807) is 6.07 Å². The summed E-state index contributed by atoms with van der Waals surface area (Å²) >= 11 is 3.64. The average Bonchev–Trinajstić information content (AvgIpc) is 3.46. The molecule has 33 heavy (non-hydrogen) atoms. The fourth-order valence-corrected chi connectivity index (χ4v) is 6.09. The second kappa shape index (κ2) is 9.87. The van der Waals surface area contributed by atoms with Crippen LogP contribution < -0.4 is 0 Å². The second-order valence-corrected chi connectivity index (χ2v) is 10.6. The number of carbonyl (C=O) groups excluding carboxylic acids is 1. The van der Waals surface area contributed by atoms with Gasteiger partial charge in [-0.05, 0) is 84.2 Å². The summed E-state index contributed by atoms with van der Waals surface area (Å²) in [6.45, 7) is 1.81. The number of benzene rings is 1. The van der Waals surface area contributed by atoms with Gasteiger partial charge < -0.3 is 10.0 Å². The van der Waals surface area contributed by atoms with Crippen molar-refractivity contribution >= 4 is 33.6 Å². The normalized spacial score (nSPS) is 23.5. The van der Waals surface area contributed by atoms with Crippen LogP contribution in [0, 0.1) is 11.8 Å². The molecule has 0 spiro atoms. The van der Waals surface area contributed by atoms with E-state index >= 15 is 0 Å². The minimum atomic E-state index is 0.0132. The lowest BCUT2D eigenvalue weighted by Gasteiger charge is -2.34. The summed E-state index contributed by atoms with van der Waals surface area (Å²) in [6.07, 6.45) is 14.9. The van der Waals surface area contributed by atoms with Gasteiger partial charge in [-0.1, -0.05) is 31.0 Å². The van der Waals surface area contributed by atoms with Gasteiger partial charge >= 0.3 is 0 Å². The SMILES string of the molecule is O=C(C1CCCC1)N1CCC(CCC2=CC(c3ccccc3O)=C=CC3=C(Br)C=NC23)CC1. The first-order chi connectivity index (χ1) is 16.1. The van der Waals surface area contributed by atoms with E-state index in [2.05, 4.69) is 32.6 Å². The Labute approximate surface area is 204 Å². The summed E-state index contributed by atoms with van der Waals surface area (Å²) in [7, 11) is 0. The van der Waals surface area contributed by atoms with Crippen LogP contribution in [0.25, 0.3) is 5.57 Å². The summed E-state index contributed by atoms with van der Waals surface area (Å²) in [5, 5.41) is 10.4. The van der Waals surface area contributed by atoms with E-state index < -0.39 is 0 Å². The van der Waals surface area contributed by atoms with Crippen molar-refractivity contribution in [3.8, 4) is 5.75 Å². The summed E-state index contributed by atoms with van der Waals surface area (Å²) in [4.78, 5) is 19.6. The van der Waals surface area contributed by atoms with Gasteiger partial charge in [0, 0.05) is 46.4 Å². The zero-order valence-electron chi connectivity index (χ0n) is 19.0. The van der Waals surface area contributed by atoms with Gasteiger partial charge in [0.05, 0.1) is 6.04 Å². The van der Waals surface area contributed by atoms with Gasteiger partial charge in [0.2, 0.25) is 5.91 Å². The molecular weight excluding hydrogens is 476 g/mol. The summed E-state index contributed by atoms with van der Waals surface area (Å²) in [5.41, 5.74) is 7.49. The van der Waals surface area contributed by atoms with Crippen molar-refractivity contribution in [1.82, 2.24) is 4.90 Å². The number of likely N-dealkylation sites (tertiary alicyclic amines) is 1. The summed E-state index contributed by atoms with van der Waals surface area (Å²) < 4.78 is 1.00. The molecule has 1 unspecified atom stereocenters. The van der Waals surface area contributed by atoms with Gasteiger partial charge in [0.1, 0.15) is 5.75 Å². The van der Waals surface area contributed by atoms with Gasteiger partial charge in [-0.2, -0.15) is 0 Å². The molecule has 0 radical (unpaired) electrons. The molecule has 0 aromatic heterocycles. The molecule has 4 nitrogen and oxygen atoms in total. The van der Waals surface area contributed by atoms with Crippen molar-refractivity contribution in [3.63, 3.8) is 0 Å². The molecule has 5 heteroatoms. The Hall–Kier alpha value is -2.36. The predicted molar refractivity (Wildman–Crippen MR) is 136 cm³/mol. The Kier molecular flexibility index (Phi) is 6.71. The van der Waals surface area contributed by atoms with E-state index in [9.17, 15) is 9.90 Å². The first-order valence-corrected chi connectivity index (χ1v) is 13.1. The highest BCUT2D eigenvalue weighted by atomic mass is 79.9. The van der Waals surface area contributed by atoms with Gasteiger partial charge in [-0.15, -0.1) is 5.73 Å². The maximum atomic E-state index is 12.8. The van der Waals surface area contributed by atoms with Crippen LogP contribution >= 0.6 is 15.9 Å². The molecule has 2 heterocycles. The summed E-state index contributed by atoms with van der Waals surface area (Å²) in [6, 6.07) is 7.45. The van der Waals surface area contributed by atoms with Crippen LogP contribution in [0.1, 0.15) is 56.9 Å². The van der Waals surface area contributed by atoms with E-state index in [0.717, 1.165) is 72.8 Å². The van der Waals surface area contributed by atoms with E-state index in [0.29, 0.717) is 11.8 Å².